The molecule has 1 heterocycles. The lowest BCUT2D eigenvalue weighted by Gasteiger charge is -2.09. The number of carbonyl (C=O) groups is 2. The van der Waals surface area contributed by atoms with E-state index in [1.54, 1.807) is 6.07 Å². The molecule has 0 spiro atoms. The van der Waals surface area contributed by atoms with Crippen LogP contribution in [0.1, 0.15) is 28.0 Å². The molecule has 2 N–H and O–H groups in total. The van der Waals surface area contributed by atoms with Gasteiger partial charge in [-0.15, -0.1) is 0 Å². The molecule has 1 aliphatic carbocycles. The van der Waals surface area contributed by atoms with Gasteiger partial charge in [0.05, 0.1) is 13.1 Å². The van der Waals surface area contributed by atoms with Crippen LogP contribution in [0.4, 0.5) is 0 Å². The van der Waals surface area contributed by atoms with Crippen molar-refractivity contribution in [2.24, 2.45) is 0 Å². The van der Waals surface area contributed by atoms with Crippen LogP contribution in [0.2, 0.25) is 0 Å². The Hall–Kier alpha value is -3.61. The first-order valence-corrected chi connectivity index (χ1v) is 10.0. The minimum atomic E-state index is -0.467. The van der Waals surface area contributed by atoms with Crippen LogP contribution >= 0.6 is 0 Å². The molecule has 2 amide bonds. The van der Waals surface area contributed by atoms with Gasteiger partial charge in [-0.1, -0.05) is 41.6 Å². The van der Waals surface area contributed by atoms with Gasteiger partial charge < -0.3 is 19.9 Å². The fourth-order valence-corrected chi connectivity index (χ4v) is 3.43. The molecule has 7 heteroatoms. The summed E-state index contributed by atoms with van der Waals surface area (Å²) in [7, 11) is 0. The third-order valence-corrected chi connectivity index (χ3v) is 4.97. The van der Waals surface area contributed by atoms with E-state index in [2.05, 4.69) is 27.9 Å². The zero-order valence-electron chi connectivity index (χ0n) is 16.5. The molecule has 7 nitrogen and oxygen atoms in total. The van der Waals surface area contributed by atoms with Gasteiger partial charge in [-0.3, -0.25) is 9.59 Å². The van der Waals surface area contributed by atoms with E-state index in [0.717, 1.165) is 24.2 Å². The standard InChI is InChI=1S/C23H23N3O4/c27-22(24-11-12-29-19-10-9-16-7-4-8-18(16)13-19)15-25-23(28)20-14-21(30-26-20)17-5-2-1-3-6-17/h1-3,5-6,9-10,13-14H,4,7-8,11-12,15H2,(H,24,27)(H,25,28). The van der Waals surface area contributed by atoms with Crippen LogP contribution in [0.15, 0.2) is 59.1 Å². The molecule has 1 aliphatic rings. The van der Waals surface area contributed by atoms with Crippen molar-refractivity contribution in [3.63, 3.8) is 0 Å². The summed E-state index contributed by atoms with van der Waals surface area (Å²) in [5, 5.41) is 9.02. The molecule has 3 aromatic rings. The number of nitrogens with zero attached hydrogens (tertiary/aromatic N) is 1. The lowest BCUT2D eigenvalue weighted by molar-refractivity contribution is -0.120. The molecule has 0 bridgehead atoms. The second-order valence-electron chi connectivity index (χ2n) is 7.11. The Morgan fingerprint density at radius 2 is 1.83 bits per heavy atom. The number of aromatic nitrogens is 1. The molecule has 0 saturated heterocycles. The van der Waals surface area contributed by atoms with Crippen molar-refractivity contribution >= 4 is 11.8 Å². The van der Waals surface area contributed by atoms with Crippen LogP contribution in [0.5, 0.6) is 5.75 Å². The van der Waals surface area contributed by atoms with E-state index in [-0.39, 0.29) is 18.1 Å². The number of nitrogens with one attached hydrogen (secondary N) is 2. The van der Waals surface area contributed by atoms with E-state index in [1.165, 1.54) is 17.5 Å². The van der Waals surface area contributed by atoms with Gasteiger partial charge >= 0.3 is 0 Å². The highest BCUT2D eigenvalue weighted by Crippen LogP contribution is 2.25. The Kier molecular flexibility index (Phi) is 6.08. The molecule has 30 heavy (non-hydrogen) atoms. The van der Waals surface area contributed by atoms with Crippen molar-refractivity contribution in [3.05, 3.63) is 71.4 Å². The van der Waals surface area contributed by atoms with Gasteiger partial charge in [0.2, 0.25) is 5.91 Å². The highest BCUT2D eigenvalue weighted by molar-refractivity contribution is 5.95. The number of amides is 2. The Morgan fingerprint density at radius 3 is 2.70 bits per heavy atom. The van der Waals surface area contributed by atoms with Crippen LogP contribution in [0, 0.1) is 0 Å². The zero-order valence-corrected chi connectivity index (χ0v) is 16.5. The summed E-state index contributed by atoms with van der Waals surface area (Å²) >= 11 is 0. The van der Waals surface area contributed by atoms with Gasteiger partial charge in [0, 0.05) is 11.6 Å². The summed E-state index contributed by atoms with van der Waals surface area (Å²) in [6.07, 6.45) is 3.43. The number of ether oxygens (including phenoxy) is 1. The van der Waals surface area contributed by atoms with Gasteiger partial charge in [-0.05, 0) is 42.5 Å². The second kappa shape index (κ2) is 9.26. The lowest BCUT2D eigenvalue weighted by Crippen LogP contribution is -2.38. The van der Waals surface area contributed by atoms with Gasteiger partial charge in [-0.2, -0.15) is 0 Å². The molecule has 2 aromatic carbocycles. The smallest absolute Gasteiger partial charge is 0.273 e. The van der Waals surface area contributed by atoms with E-state index in [4.69, 9.17) is 9.26 Å². The molecular weight excluding hydrogens is 382 g/mol. The van der Waals surface area contributed by atoms with E-state index in [9.17, 15) is 9.59 Å². The summed E-state index contributed by atoms with van der Waals surface area (Å²) in [6, 6.07) is 17.1. The first-order valence-electron chi connectivity index (χ1n) is 10.0. The number of carbonyl (C=O) groups excluding carboxylic acids is 2. The minimum Gasteiger partial charge on any atom is -0.492 e. The number of hydrogen-bond acceptors (Lipinski definition) is 5. The molecular formula is C23H23N3O4. The fraction of sp³-hybridized carbons (Fsp3) is 0.261. The molecule has 0 fully saturated rings. The second-order valence-corrected chi connectivity index (χ2v) is 7.11. The van der Waals surface area contributed by atoms with E-state index < -0.39 is 5.91 Å². The third kappa shape index (κ3) is 4.86. The molecule has 4 rings (SSSR count). The summed E-state index contributed by atoms with van der Waals surface area (Å²) in [4.78, 5) is 24.1. The Morgan fingerprint density at radius 1 is 1.00 bits per heavy atom. The molecule has 0 aliphatic heterocycles. The maximum Gasteiger partial charge on any atom is 0.273 e. The van der Waals surface area contributed by atoms with Crippen molar-refractivity contribution in [1.29, 1.82) is 0 Å². The van der Waals surface area contributed by atoms with Crippen LogP contribution in [0.25, 0.3) is 11.3 Å². The zero-order chi connectivity index (χ0) is 20.8. The molecule has 0 saturated carbocycles. The normalized spacial score (nSPS) is 12.3. The van der Waals surface area contributed by atoms with Gasteiger partial charge in [0.25, 0.3) is 5.91 Å². The molecule has 1 aromatic heterocycles. The van der Waals surface area contributed by atoms with Crippen molar-refractivity contribution in [2.75, 3.05) is 19.7 Å². The molecule has 0 atom stereocenters. The molecule has 154 valence electrons. The first-order chi connectivity index (χ1) is 14.7. The number of hydrogen-bond donors (Lipinski definition) is 2. The maximum atomic E-state index is 12.2. The Labute approximate surface area is 174 Å². The first kappa shape index (κ1) is 19.7. The van der Waals surface area contributed by atoms with Crippen molar-refractivity contribution in [1.82, 2.24) is 15.8 Å². The highest BCUT2D eigenvalue weighted by Gasteiger charge is 2.15. The van der Waals surface area contributed by atoms with Crippen LogP contribution in [0.3, 0.4) is 0 Å². The molecule has 0 unspecified atom stereocenters. The summed E-state index contributed by atoms with van der Waals surface area (Å²) in [5.74, 6) is 0.547. The van der Waals surface area contributed by atoms with Gasteiger partial charge in [0.15, 0.2) is 11.5 Å². The summed E-state index contributed by atoms with van der Waals surface area (Å²) < 4.78 is 10.9. The number of rotatable bonds is 8. The third-order valence-electron chi connectivity index (χ3n) is 4.97. The fourth-order valence-electron chi connectivity index (χ4n) is 3.43. The van der Waals surface area contributed by atoms with E-state index >= 15 is 0 Å². The minimum absolute atomic E-state index is 0.126. The van der Waals surface area contributed by atoms with E-state index in [0.29, 0.717) is 18.9 Å². The SMILES string of the molecule is O=C(CNC(=O)c1cc(-c2ccccc2)on1)NCCOc1ccc2c(c1)CCC2. The monoisotopic (exact) mass is 405 g/mol. The van der Waals surface area contributed by atoms with Crippen molar-refractivity contribution in [3.8, 4) is 17.1 Å². The lowest BCUT2D eigenvalue weighted by atomic mass is 10.1. The van der Waals surface area contributed by atoms with Gasteiger partial charge in [-0.25, -0.2) is 0 Å². The van der Waals surface area contributed by atoms with Crippen LogP contribution in [-0.4, -0.2) is 36.7 Å². The Balaban J connectivity index is 1.17. The van der Waals surface area contributed by atoms with Crippen molar-refractivity contribution < 1.29 is 18.8 Å². The number of benzene rings is 2. The molecule has 0 radical (unpaired) electrons. The number of aryl methyl sites for hydroxylation is 2. The maximum absolute atomic E-state index is 12.2. The average Bonchev–Trinajstić information content (AvgIpc) is 3.45. The predicted octanol–water partition coefficient (Wildman–Crippen LogP) is 2.76. The topological polar surface area (TPSA) is 93.5 Å². The largest absolute Gasteiger partial charge is 0.492 e. The van der Waals surface area contributed by atoms with Crippen LogP contribution in [-0.2, 0) is 17.6 Å². The highest BCUT2D eigenvalue weighted by atomic mass is 16.5. The van der Waals surface area contributed by atoms with Crippen molar-refractivity contribution in [2.45, 2.75) is 19.3 Å². The quantitative estimate of drug-likeness (QED) is 0.562. The number of fused-ring (bicyclic) bond motifs is 1. The van der Waals surface area contributed by atoms with Gasteiger partial charge in [0.1, 0.15) is 12.4 Å². The predicted molar refractivity (Wildman–Crippen MR) is 111 cm³/mol. The van der Waals surface area contributed by atoms with Crippen LogP contribution < -0.4 is 15.4 Å². The van der Waals surface area contributed by atoms with E-state index in [1.807, 2.05) is 36.4 Å². The summed E-state index contributed by atoms with van der Waals surface area (Å²) in [5.41, 5.74) is 3.70. The Bertz CT molecular complexity index is 1030. The summed E-state index contributed by atoms with van der Waals surface area (Å²) in [6.45, 7) is 0.571. The average molecular weight is 405 g/mol.